The van der Waals surface area contributed by atoms with Gasteiger partial charge in [0, 0.05) is 36.0 Å². The molecule has 10 heteroatoms. The van der Waals surface area contributed by atoms with Crippen molar-refractivity contribution < 1.29 is 28.5 Å². The number of hydrogen-bond acceptors (Lipinski definition) is 8. The minimum Gasteiger partial charge on any atom is -0.497 e. The predicted molar refractivity (Wildman–Crippen MR) is 111 cm³/mol. The Balaban J connectivity index is 2.33. The molecule has 0 bridgehead atoms. The van der Waals surface area contributed by atoms with Crippen molar-refractivity contribution in [3.63, 3.8) is 0 Å². The highest BCUT2D eigenvalue weighted by molar-refractivity contribution is 6.39. The van der Waals surface area contributed by atoms with Crippen molar-refractivity contribution in [2.45, 2.75) is 13.0 Å². The van der Waals surface area contributed by atoms with Gasteiger partial charge in [-0.3, -0.25) is 9.59 Å². The van der Waals surface area contributed by atoms with Crippen LogP contribution in [0.25, 0.3) is 0 Å². The number of carbonyl (C=O) groups is 2. The fourth-order valence-electron chi connectivity index (χ4n) is 2.45. The van der Waals surface area contributed by atoms with Crippen molar-refractivity contribution in [2.24, 2.45) is 10.2 Å². The standard InChI is InChI=1S/C20H22ClN3O6/c1-12(25)19(23-22-13-8-15(28-3)10-16(9-13)29-4)20(26)24(21)17-7-6-14(27-2)11-18(17)30-5/h6-11,19H,1-5H3. The van der Waals surface area contributed by atoms with Crippen LogP contribution >= 0.6 is 11.8 Å². The summed E-state index contributed by atoms with van der Waals surface area (Å²) in [5.41, 5.74) is 0.572. The summed E-state index contributed by atoms with van der Waals surface area (Å²) < 4.78 is 21.5. The molecule has 9 nitrogen and oxygen atoms in total. The molecule has 1 atom stereocenters. The van der Waals surface area contributed by atoms with Gasteiger partial charge in [-0.2, -0.15) is 10.2 Å². The first-order valence-corrected chi connectivity index (χ1v) is 9.04. The molecule has 0 aliphatic carbocycles. The second-order valence-electron chi connectivity index (χ2n) is 5.96. The topological polar surface area (TPSA) is 99.0 Å². The van der Waals surface area contributed by atoms with Crippen LogP contribution in [0.5, 0.6) is 23.0 Å². The summed E-state index contributed by atoms with van der Waals surface area (Å²) in [5, 5.41) is 7.90. The van der Waals surface area contributed by atoms with Gasteiger partial charge in [-0.25, -0.2) is 4.42 Å². The number of amides is 1. The number of ketones is 1. The van der Waals surface area contributed by atoms with Crippen LogP contribution in [0.1, 0.15) is 6.92 Å². The second-order valence-corrected chi connectivity index (χ2v) is 6.29. The van der Waals surface area contributed by atoms with E-state index in [9.17, 15) is 9.59 Å². The first-order valence-electron chi connectivity index (χ1n) is 8.70. The molecule has 0 saturated carbocycles. The van der Waals surface area contributed by atoms with Crippen LogP contribution in [0, 0.1) is 0 Å². The van der Waals surface area contributed by atoms with Gasteiger partial charge in [0.2, 0.25) is 6.04 Å². The third-order valence-corrected chi connectivity index (χ3v) is 4.38. The van der Waals surface area contributed by atoms with E-state index in [1.165, 1.54) is 41.4 Å². The van der Waals surface area contributed by atoms with Gasteiger partial charge in [-0.05, 0) is 19.1 Å². The Bertz CT molecular complexity index is 928. The van der Waals surface area contributed by atoms with E-state index < -0.39 is 17.7 Å². The minimum absolute atomic E-state index is 0.231. The molecule has 0 aliphatic rings. The summed E-state index contributed by atoms with van der Waals surface area (Å²) in [5.74, 6) is 0.451. The van der Waals surface area contributed by atoms with E-state index in [4.69, 9.17) is 30.7 Å². The van der Waals surface area contributed by atoms with Crippen molar-refractivity contribution in [1.29, 1.82) is 0 Å². The first kappa shape index (κ1) is 23.0. The van der Waals surface area contributed by atoms with Gasteiger partial charge < -0.3 is 18.9 Å². The summed E-state index contributed by atoms with van der Waals surface area (Å²) in [6, 6.07) is 8.06. The van der Waals surface area contributed by atoms with Crippen LogP contribution in [0.4, 0.5) is 11.4 Å². The highest BCUT2D eigenvalue weighted by Gasteiger charge is 2.30. The Labute approximate surface area is 179 Å². The SMILES string of the molecule is COc1cc(N=NC(C(C)=O)C(=O)N(Cl)c2ccc(OC)cc2OC)cc(OC)c1. The van der Waals surface area contributed by atoms with Gasteiger partial charge in [0.1, 0.15) is 28.7 Å². The molecular formula is C20H22ClN3O6. The second kappa shape index (κ2) is 10.4. The van der Waals surface area contributed by atoms with Crippen LogP contribution in [-0.4, -0.2) is 46.2 Å². The average molecular weight is 436 g/mol. The zero-order valence-corrected chi connectivity index (χ0v) is 18.0. The summed E-state index contributed by atoms with van der Waals surface area (Å²) >= 11 is 6.22. The highest BCUT2D eigenvalue weighted by atomic mass is 35.5. The molecule has 1 amide bonds. The predicted octanol–water partition coefficient (Wildman–Crippen LogP) is 3.95. The summed E-state index contributed by atoms with van der Waals surface area (Å²) in [7, 11) is 5.90. The number of benzene rings is 2. The summed E-state index contributed by atoms with van der Waals surface area (Å²) in [6.45, 7) is 1.23. The summed E-state index contributed by atoms with van der Waals surface area (Å²) in [6.07, 6.45) is 0. The number of nitrogens with zero attached hydrogens (tertiary/aromatic N) is 3. The lowest BCUT2D eigenvalue weighted by Crippen LogP contribution is -2.36. The number of carbonyl (C=O) groups excluding carboxylic acids is 2. The number of methoxy groups -OCH3 is 4. The van der Waals surface area contributed by atoms with E-state index >= 15 is 0 Å². The highest BCUT2D eigenvalue weighted by Crippen LogP contribution is 2.34. The molecule has 0 aromatic heterocycles. The number of ether oxygens (including phenoxy) is 4. The number of azo groups is 1. The Morgan fingerprint density at radius 3 is 2.00 bits per heavy atom. The molecule has 30 heavy (non-hydrogen) atoms. The molecular weight excluding hydrogens is 414 g/mol. The molecule has 0 aliphatic heterocycles. The Kier molecular flexibility index (Phi) is 7.99. The molecule has 2 aromatic carbocycles. The van der Waals surface area contributed by atoms with Crippen LogP contribution < -0.4 is 23.4 Å². The third-order valence-electron chi connectivity index (χ3n) is 4.04. The number of rotatable bonds is 9. The largest absolute Gasteiger partial charge is 0.497 e. The molecule has 0 radical (unpaired) electrons. The van der Waals surface area contributed by atoms with Gasteiger partial charge in [-0.1, -0.05) is 0 Å². The zero-order valence-electron chi connectivity index (χ0n) is 17.2. The van der Waals surface area contributed by atoms with Gasteiger partial charge in [0.25, 0.3) is 5.91 Å². The Morgan fingerprint density at radius 1 is 0.900 bits per heavy atom. The van der Waals surface area contributed by atoms with Crippen molar-refractivity contribution in [3.05, 3.63) is 36.4 Å². The Hall–Kier alpha value is -3.33. The van der Waals surface area contributed by atoms with Gasteiger partial charge in [-0.15, -0.1) is 0 Å². The molecule has 2 aromatic rings. The maximum Gasteiger partial charge on any atom is 0.276 e. The van der Waals surface area contributed by atoms with E-state index in [2.05, 4.69) is 10.2 Å². The average Bonchev–Trinajstić information content (AvgIpc) is 2.77. The van der Waals surface area contributed by atoms with Crippen LogP contribution in [0.3, 0.4) is 0 Å². The summed E-state index contributed by atoms with van der Waals surface area (Å²) in [4.78, 5) is 24.9. The maximum atomic E-state index is 12.9. The van der Waals surface area contributed by atoms with E-state index in [0.29, 0.717) is 22.9 Å². The number of hydrogen-bond donors (Lipinski definition) is 0. The quantitative estimate of drug-likeness (QED) is 0.336. The molecule has 0 fully saturated rings. The molecule has 1 unspecified atom stereocenters. The van der Waals surface area contributed by atoms with E-state index in [1.54, 1.807) is 30.3 Å². The van der Waals surface area contributed by atoms with Crippen LogP contribution in [-0.2, 0) is 9.59 Å². The minimum atomic E-state index is -1.45. The molecule has 2 rings (SSSR count). The van der Waals surface area contributed by atoms with E-state index in [1.807, 2.05) is 0 Å². The lowest BCUT2D eigenvalue weighted by atomic mass is 10.2. The number of anilines is 1. The van der Waals surface area contributed by atoms with Crippen molar-refractivity contribution in [2.75, 3.05) is 32.9 Å². The van der Waals surface area contributed by atoms with E-state index in [0.717, 1.165) is 4.42 Å². The fraction of sp³-hybridized carbons (Fsp3) is 0.300. The van der Waals surface area contributed by atoms with Crippen molar-refractivity contribution in [3.8, 4) is 23.0 Å². The molecule has 0 spiro atoms. The smallest absolute Gasteiger partial charge is 0.276 e. The number of Topliss-reactive ketones (excluding diaryl/α,β-unsaturated/α-hetero) is 1. The van der Waals surface area contributed by atoms with Gasteiger partial charge >= 0.3 is 0 Å². The number of halogens is 1. The molecule has 0 saturated heterocycles. The monoisotopic (exact) mass is 435 g/mol. The molecule has 160 valence electrons. The molecule has 0 N–H and O–H groups in total. The van der Waals surface area contributed by atoms with Crippen LogP contribution in [0.2, 0.25) is 0 Å². The zero-order chi connectivity index (χ0) is 22.3. The lowest BCUT2D eigenvalue weighted by Gasteiger charge is -2.19. The van der Waals surface area contributed by atoms with E-state index in [-0.39, 0.29) is 11.4 Å². The van der Waals surface area contributed by atoms with Crippen LogP contribution in [0.15, 0.2) is 46.6 Å². The molecule has 0 heterocycles. The maximum absolute atomic E-state index is 12.9. The van der Waals surface area contributed by atoms with Gasteiger partial charge in [0.15, 0.2) is 5.78 Å². The van der Waals surface area contributed by atoms with Crippen molar-refractivity contribution >= 4 is 34.8 Å². The normalized spacial score (nSPS) is 11.7. The fourth-order valence-corrected chi connectivity index (χ4v) is 2.68. The Morgan fingerprint density at radius 2 is 1.50 bits per heavy atom. The first-order chi connectivity index (χ1) is 14.3. The third kappa shape index (κ3) is 5.38. The lowest BCUT2D eigenvalue weighted by molar-refractivity contribution is -0.126. The van der Waals surface area contributed by atoms with Gasteiger partial charge in [0.05, 0.1) is 34.1 Å². The van der Waals surface area contributed by atoms with Crippen molar-refractivity contribution in [1.82, 2.24) is 0 Å².